The van der Waals surface area contributed by atoms with Gasteiger partial charge in [0.25, 0.3) is 10.0 Å². The van der Waals surface area contributed by atoms with Crippen LogP contribution in [0.2, 0.25) is 0 Å². The van der Waals surface area contributed by atoms with Gasteiger partial charge in [0.1, 0.15) is 0 Å². The molecule has 1 heterocycles. The number of carboxylic acids is 1. The van der Waals surface area contributed by atoms with E-state index in [-0.39, 0.29) is 15.2 Å². The van der Waals surface area contributed by atoms with E-state index >= 15 is 0 Å². The van der Waals surface area contributed by atoms with Crippen LogP contribution in [0.1, 0.15) is 10.4 Å². The zero-order valence-corrected chi connectivity index (χ0v) is 13.5. The first-order valence-corrected chi connectivity index (χ1v) is 7.86. The first-order chi connectivity index (χ1) is 9.75. The van der Waals surface area contributed by atoms with Crippen LogP contribution < -0.4 is 4.31 Å². The maximum absolute atomic E-state index is 12.5. The van der Waals surface area contributed by atoms with E-state index in [0.717, 1.165) is 8.99 Å². The molecule has 0 atom stereocenters. The highest BCUT2D eigenvalue weighted by Crippen LogP contribution is 2.25. The highest BCUT2D eigenvalue weighted by atomic mass is 79.9. The standard InChI is InChI=1S/C11H11BrN4O4S/c1-15-10(9(12)13-14-15)21(19,20)16(2)8-5-3-7(4-6-8)11(17)18/h3-6H,1-2H3,(H,17,18). The second-order valence-electron chi connectivity index (χ2n) is 4.13. The molecule has 1 N–H and O–H groups in total. The number of sulfonamides is 1. The number of aromatic nitrogens is 3. The number of aromatic carboxylic acids is 1. The summed E-state index contributed by atoms with van der Waals surface area (Å²) in [5.41, 5.74) is 0.404. The molecule has 0 radical (unpaired) electrons. The number of halogens is 1. The van der Waals surface area contributed by atoms with Gasteiger partial charge in [-0.05, 0) is 40.2 Å². The Hall–Kier alpha value is -1.94. The zero-order chi connectivity index (χ0) is 15.8. The van der Waals surface area contributed by atoms with Gasteiger partial charge >= 0.3 is 5.97 Å². The molecule has 21 heavy (non-hydrogen) atoms. The van der Waals surface area contributed by atoms with E-state index in [4.69, 9.17) is 5.11 Å². The lowest BCUT2D eigenvalue weighted by Crippen LogP contribution is -2.28. The van der Waals surface area contributed by atoms with Crippen molar-refractivity contribution in [2.24, 2.45) is 7.05 Å². The van der Waals surface area contributed by atoms with E-state index < -0.39 is 16.0 Å². The Labute approximate surface area is 129 Å². The molecule has 1 aromatic carbocycles. The van der Waals surface area contributed by atoms with Gasteiger partial charge in [0.2, 0.25) is 5.03 Å². The lowest BCUT2D eigenvalue weighted by atomic mass is 10.2. The lowest BCUT2D eigenvalue weighted by Gasteiger charge is -2.19. The van der Waals surface area contributed by atoms with Crippen LogP contribution in [-0.4, -0.2) is 41.5 Å². The predicted octanol–water partition coefficient (Wildman–Crippen LogP) is 1.10. The molecule has 10 heteroatoms. The van der Waals surface area contributed by atoms with Crippen molar-refractivity contribution in [2.45, 2.75) is 5.03 Å². The minimum atomic E-state index is -3.87. The monoisotopic (exact) mass is 374 g/mol. The Kier molecular flexibility index (Phi) is 4.01. The third-order valence-electron chi connectivity index (χ3n) is 2.82. The lowest BCUT2D eigenvalue weighted by molar-refractivity contribution is 0.0697. The van der Waals surface area contributed by atoms with E-state index in [0.29, 0.717) is 5.69 Å². The van der Waals surface area contributed by atoms with Gasteiger partial charge in [-0.15, -0.1) is 5.10 Å². The molecule has 112 valence electrons. The molecule has 0 aliphatic rings. The number of hydrogen-bond acceptors (Lipinski definition) is 5. The van der Waals surface area contributed by atoms with Crippen LogP contribution in [0.4, 0.5) is 5.69 Å². The molecule has 2 aromatic rings. The van der Waals surface area contributed by atoms with Gasteiger partial charge in [0.15, 0.2) is 4.60 Å². The Morgan fingerprint density at radius 2 is 1.90 bits per heavy atom. The third-order valence-corrected chi connectivity index (χ3v) is 5.49. The van der Waals surface area contributed by atoms with Crippen molar-refractivity contribution in [2.75, 3.05) is 11.4 Å². The molecular weight excluding hydrogens is 364 g/mol. The van der Waals surface area contributed by atoms with Crippen molar-refractivity contribution in [3.8, 4) is 0 Å². The number of carboxylic acid groups (broad SMARTS) is 1. The summed E-state index contributed by atoms with van der Waals surface area (Å²) in [5, 5.41) is 16.0. The number of nitrogens with zero attached hydrogens (tertiary/aromatic N) is 4. The van der Waals surface area contributed by atoms with Gasteiger partial charge in [0, 0.05) is 14.1 Å². The summed E-state index contributed by atoms with van der Waals surface area (Å²) in [6.45, 7) is 0. The molecule has 0 spiro atoms. The van der Waals surface area contributed by atoms with Gasteiger partial charge in [-0.2, -0.15) is 8.42 Å². The molecule has 1 aromatic heterocycles. The molecule has 2 rings (SSSR count). The van der Waals surface area contributed by atoms with Gasteiger partial charge in [-0.25, -0.2) is 9.48 Å². The molecule has 0 fully saturated rings. The molecule has 0 aliphatic carbocycles. The van der Waals surface area contributed by atoms with Crippen molar-refractivity contribution in [3.63, 3.8) is 0 Å². The maximum atomic E-state index is 12.5. The van der Waals surface area contributed by atoms with Gasteiger partial charge in [0.05, 0.1) is 11.3 Å². The van der Waals surface area contributed by atoms with E-state index in [9.17, 15) is 13.2 Å². The minimum absolute atomic E-state index is 0.0768. The largest absolute Gasteiger partial charge is 0.478 e. The van der Waals surface area contributed by atoms with Gasteiger partial charge < -0.3 is 5.11 Å². The number of rotatable bonds is 4. The van der Waals surface area contributed by atoms with E-state index in [2.05, 4.69) is 26.2 Å². The molecule has 0 aliphatic heterocycles. The number of carbonyl (C=O) groups is 1. The molecule has 0 unspecified atom stereocenters. The highest BCUT2D eigenvalue weighted by Gasteiger charge is 2.28. The molecule has 0 saturated heterocycles. The van der Waals surface area contributed by atoms with Crippen molar-refractivity contribution in [1.82, 2.24) is 15.0 Å². The number of anilines is 1. The summed E-state index contributed by atoms with van der Waals surface area (Å²) < 4.78 is 27.3. The molecular formula is C11H11BrN4O4S. The van der Waals surface area contributed by atoms with E-state index in [1.54, 1.807) is 0 Å². The van der Waals surface area contributed by atoms with Crippen LogP contribution in [0.5, 0.6) is 0 Å². The number of benzene rings is 1. The fourth-order valence-electron chi connectivity index (χ4n) is 1.68. The highest BCUT2D eigenvalue weighted by molar-refractivity contribution is 9.10. The van der Waals surface area contributed by atoms with Gasteiger partial charge in [-0.1, -0.05) is 5.21 Å². The summed E-state index contributed by atoms with van der Waals surface area (Å²) in [6.07, 6.45) is 0. The topological polar surface area (TPSA) is 105 Å². The number of hydrogen-bond donors (Lipinski definition) is 1. The van der Waals surface area contributed by atoms with Crippen molar-refractivity contribution >= 4 is 37.6 Å². The van der Waals surface area contributed by atoms with Crippen molar-refractivity contribution in [1.29, 1.82) is 0 Å². The number of aryl methyl sites for hydroxylation is 1. The predicted molar refractivity (Wildman–Crippen MR) is 77.7 cm³/mol. The quantitative estimate of drug-likeness (QED) is 0.858. The van der Waals surface area contributed by atoms with E-state index in [1.165, 1.54) is 38.4 Å². The maximum Gasteiger partial charge on any atom is 0.335 e. The van der Waals surface area contributed by atoms with Crippen LogP contribution in [0.25, 0.3) is 0 Å². The summed E-state index contributed by atoms with van der Waals surface area (Å²) in [7, 11) is -1.04. The summed E-state index contributed by atoms with van der Waals surface area (Å²) >= 11 is 3.05. The molecule has 0 amide bonds. The second-order valence-corrected chi connectivity index (χ2v) is 6.77. The fraction of sp³-hybridized carbons (Fsp3) is 0.182. The average molecular weight is 375 g/mol. The second kappa shape index (κ2) is 5.45. The van der Waals surface area contributed by atoms with Crippen LogP contribution in [0.3, 0.4) is 0 Å². The first-order valence-electron chi connectivity index (χ1n) is 5.62. The Morgan fingerprint density at radius 1 is 1.33 bits per heavy atom. The molecule has 8 nitrogen and oxygen atoms in total. The first kappa shape index (κ1) is 15.4. The van der Waals surface area contributed by atoms with Crippen LogP contribution in [0, 0.1) is 0 Å². The zero-order valence-electron chi connectivity index (χ0n) is 11.1. The normalized spacial score (nSPS) is 11.4. The van der Waals surface area contributed by atoms with Crippen molar-refractivity contribution < 1.29 is 18.3 Å². The Balaban J connectivity index is 2.43. The Morgan fingerprint density at radius 3 is 2.33 bits per heavy atom. The fourth-order valence-corrected chi connectivity index (χ4v) is 3.90. The minimum Gasteiger partial charge on any atom is -0.478 e. The van der Waals surface area contributed by atoms with Crippen LogP contribution >= 0.6 is 15.9 Å². The molecule has 0 bridgehead atoms. The van der Waals surface area contributed by atoms with Crippen LogP contribution in [-0.2, 0) is 17.1 Å². The van der Waals surface area contributed by atoms with Crippen LogP contribution in [0.15, 0.2) is 33.9 Å². The average Bonchev–Trinajstić information content (AvgIpc) is 2.78. The third kappa shape index (κ3) is 2.76. The van der Waals surface area contributed by atoms with E-state index in [1.807, 2.05) is 0 Å². The van der Waals surface area contributed by atoms with Gasteiger partial charge in [-0.3, -0.25) is 4.31 Å². The summed E-state index contributed by atoms with van der Waals surface area (Å²) in [6, 6.07) is 5.50. The summed E-state index contributed by atoms with van der Waals surface area (Å²) in [5.74, 6) is -1.08. The smallest absolute Gasteiger partial charge is 0.335 e. The Bertz CT molecular complexity index is 766. The molecule has 0 saturated carbocycles. The van der Waals surface area contributed by atoms with Crippen molar-refractivity contribution in [3.05, 3.63) is 34.4 Å². The SMILES string of the molecule is CN(c1ccc(C(=O)O)cc1)S(=O)(=O)c1c(Br)nnn1C. The summed E-state index contributed by atoms with van der Waals surface area (Å²) in [4.78, 5) is 10.8.